The number of anilines is 1. The second kappa shape index (κ2) is 11.3. The SMILES string of the molecule is COc1cccc(OC)c1S(=O)(=O)Nc1noc2cc(Cn3ccc(CNC(=O)OC(C)(C)C)n3)cc(OC)c12. The fourth-order valence-corrected chi connectivity index (χ4v) is 5.25. The Morgan fingerprint density at radius 1 is 1.02 bits per heavy atom. The van der Waals surface area contributed by atoms with Gasteiger partial charge in [-0.1, -0.05) is 11.2 Å². The van der Waals surface area contributed by atoms with Gasteiger partial charge in [-0.25, -0.2) is 13.2 Å². The van der Waals surface area contributed by atoms with Crippen molar-refractivity contribution < 1.29 is 36.7 Å². The average molecular weight is 574 g/mol. The molecule has 0 atom stereocenters. The van der Waals surface area contributed by atoms with Crippen molar-refractivity contribution in [1.82, 2.24) is 20.3 Å². The van der Waals surface area contributed by atoms with Gasteiger partial charge in [0.25, 0.3) is 10.0 Å². The summed E-state index contributed by atoms with van der Waals surface area (Å²) in [6.45, 7) is 5.91. The Kier molecular flexibility index (Phi) is 8.09. The topological polar surface area (TPSA) is 156 Å². The summed E-state index contributed by atoms with van der Waals surface area (Å²) in [4.78, 5) is 11.7. The molecule has 4 aromatic rings. The van der Waals surface area contributed by atoms with Gasteiger partial charge < -0.3 is 28.8 Å². The predicted octanol–water partition coefficient (Wildman–Crippen LogP) is 3.92. The summed E-state index contributed by atoms with van der Waals surface area (Å²) in [5.74, 6) is 0.501. The van der Waals surface area contributed by atoms with Crippen LogP contribution in [0.25, 0.3) is 11.0 Å². The van der Waals surface area contributed by atoms with Gasteiger partial charge in [-0.3, -0.25) is 9.40 Å². The lowest BCUT2D eigenvalue weighted by Crippen LogP contribution is -2.32. The third-order valence-electron chi connectivity index (χ3n) is 5.55. The van der Waals surface area contributed by atoms with Gasteiger partial charge in [0.05, 0.1) is 40.1 Å². The van der Waals surface area contributed by atoms with Gasteiger partial charge in [-0.05, 0) is 56.7 Å². The molecule has 0 radical (unpaired) electrons. The summed E-state index contributed by atoms with van der Waals surface area (Å²) in [6, 6.07) is 9.87. The minimum atomic E-state index is -4.19. The molecule has 0 unspecified atom stereocenters. The number of nitrogens with zero attached hydrogens (tertiary/aromatic N) is 3. The van der Waals surface area contributed by atoms with E-state index in [9.17, 15) is 13.2 Å². The van der Waals surface area contributed by atoms with Crippen LogP contribution in [0.1, 0.15) is 32.0 Å². The lowest BCUT2D eigenvalue weighted by atomic mass is 10.1. The molecule has 0 fully saturated rings. The predicted molar refractivity (Wildman–Crippen MR) is 145 cm³/mol. The summed E-state index contributed by atoms with van der Waals surface area (Å²) in [5.41, 5.74) is 1.11. The minimum absolute atomic E-state index is 0.0547. The second-order valence-corrected chi connectivity index (χ2v) is 11.3. The number of hydrogen-bond acceptors (Lipinski definition) is 10. The molecule has 1 amide bonds. The third kappa shape index (κ3) is 6.39. The third-order valence-corrected chi connectivity index (χ3v) is 6.96. The van der Waals surface area contributed by atoms with Crippen LogP contribution in [-0.2, 0) is 27.8 Å². The van der Waals surface area contributed by atoms with Crippen molar-refractivity contribution in [1.29, 1.82) is 0 Å². The van der Waals surface area contributed by atoms with Crippen LogP contribution in [0.3, 0.4) is 0 Å². The summed E-state index contributed by atoms with van der Waals surface area (Å²) < 4.78 is 57.5. The first-order valence-corrected chi connectivity index (χ1v) is 13.6. The van der Waals surface area contributed by atoms with Crippen LogP contribution < -0.4 is 24.2 Å². The van der Waals surface area contributed by atoms with Crippen molar-refractivity contribution in [2.24, 2.45) is 0 Å². The van der Waals surface area contributed by atoms with Crippen molar-refractivity contribution in [3.63, 3.8) is 0 Å². The molecule has 0 spiro atoms. The Hall–Kier alpha value is -4.46. The molecule has 40 heavy (non-hydrogen) atoms. The zero-order valence-corrected chi connectivity index (χ0v) is 23.8. The van der Waals surface area contributed by atoms with E-state index in [4.69, 9.17) is 23.5 Å². The molecule has 214 valence electrons. The summed E-state index contributed by atoms with van der Waals surface area (Å²) in [5, 5.41) is 11.4. The Morgan fingerprint density at radius 2 is 1.70 bits per heavy atom. The number of amides is 1. The number of hydrogen-bond donors (Lipinski definition) is 2. The molecule has 0 saturated heterocycles. The van der Waals surface area contributed by atoms with Crippen LogP contribution in [0.4, 0.5) is 10.6 Å². The molecule has 4 rings (SSSR count). The molecule has 14 heteroatoms. The molecule has 13 nitrogen and oxygen atoms in total. The van der Waals surface area contributed by atoms with E-state index in [0.29, 0.717) is 29.0 Å². The first-order chi connectivity index (χ1) is 18.9. The van der Waals surface area contributed by atoms with Gasteiger partial charge >= 0.3 is 6.09 Å². The van der Waals surface area contributed by atoms with E-state index in [-0.39, 0.29) is 28.8 Å². The van der Waals surface area contributed by atoms with Crippen LogP contribution in [0.15, 0.2) is 52.0 Å². The van der Waals surface area contributed by atoms with Gasteiger partial charge in [0.15, 0.2) is 16.3 Å². The Balaban J connectivity index is 1.55. The summed E-state index contributed by atoms with van der Waals surface area (Å²) in [6.07, 6.45) is 1.24. The van der Waals surface area contributed by atoms with Crippen molar-refractivity contribution in [2.45, 2.75) is 44.4 Å². The van der Waals surface area contributed by atoms with Gasteiger partial charge in [-0.2, -0.15) is 5.10 Å². The maximum absolute atomic E-state index is 13.3. The lowest BCUT2D eigenvalue weighted by molar-refractivity contribution is 0.0522. The Labute approximate surface area is 231 Å². The highest BCUT2D eigenvalue weighted by molar-refractivity contribution is 7.93. The Bertz CT molecular complexity index is 1600. The number of benzene rings is 2. The highest BCUT2D eigenvalue weighted by atomic mass is 32.2. The van der Waals surface area contributed by atoms with E-state index < -0.39 is 21.7 Å². The van der Waals surface area contributed by atoms with E-state index in [1.165, 1.54) is 33.5 Å². The Morgan fingerprint density at radius 3 is 2.33 bits per heavy atom. The number of fused-ring (bicyclic) bond motifs is 1. The number of nitrogens with one attached hydrogen (secondary N) is 2. The lowest BCUT2D eigenvalue weighted by Gasteiger charge is -2.19. The smallest absolute Gasteiger partial charge is 0.407 e. The molecular formula is C26H31N5O8S. The van der Waals surface area contributed by atoms with Gasteiger partial charge in [-0.15, -0.1) is 0 Å². The van der Waals surface area contributed by atoms with Crippen LogP contribution in [0.2, 0.25) is 0 Å². The monoisotopic (exact) mass is 573 g/mol. The molecule has 0 aliphatic carbocycles. The number of alkyl carbamates (subject to hydrolysis) is 1. The largest absolute Gasteiger partial charge is 0.496 e. The van der Waals surface area contributed by atoms with Crippen LogP contribution in [-0.4, -0.2) is 56.4 Å². The van der Waals surface area contributed by atoms with E-state index in [1.807, 2.05) is 0 Å². The number of methoxy groups -OCH3 is 3. The van der Waals surface area contributed by atoms with Crippen molar-refractivity contribution in [3.05, 3.63) is 53.9 Å². The summed E-state index contributed by atoms with van der Waals surface area (Å²) >= 11 is 0. The summed E-state index contributed by atoms with van der Waals surface area (Å²) in [7, 11) is -0.00424. The second-order valence-electron chi connectivity index (χ2n) is 9.66. The zero-order valence-electron chi connectivity index (χ0n) is 23.0. The van der Waals surface area contributed by atoms with Crippen LogP contribution in [0.5, 0.6) is 17.2 Å². The average Bonchev–Trinajstić information content (AvgIpc) is 3.51. The zero-order chi connectivity index (χ0) is 29.1. The van der Waals surface area contributed by atoms with Crippen molar-refractivity contribution in [3.8, 4) is 17.2 Å². The number of carbonyl (C=O) groups is 1. The quantitative estimate of drug-likeness (QED) is 0.285. The maximum Gasteiger partial charge on any atom is 0.407 e. The fourth-order valence-electron chi connectivity index (χ4n) is 3.92. The van der Waals surface area contributed by atoms with Crippen molar-refractivity contribution in [2.75, 3.05) is 26.1 Å². The molecule has 2 heterocycles. The first kappa shape index (κ1) is 28.5. The standard InChI is InChI=1S/C26H31N5O8S/c1-26(2,3)38-25(32)27-14-17-10-11-31(28-17)15-16-12-20(37-6)22-21(13-16)39-29-24(22)30-40(33,34)23-18(35-4)8-7-9-19(23)36-5/h7-13H,14-15H2,1-6H3,(H,27,32)(H,29,30). The molecule has 0 bridgehead atoms. The maximum atomic E-state index is 13.3. The molecule has 0 aliphatic heterocycles. The van der Waals surface area contributed by atoms with Gasteiger partial charge in [0, 0.05) is 6.20 Å². The fraction of sp³-hybridized carbons (Fsp3) is 0.346. The molecule has 0 aliphatic rings. The van der Waals surface area contributed by atoms with E-state index in [2.05, 4.69) is 20.3 Å². The number of sulfonamides is 1. The van der Waals surface area contributed by atoms with Gasteiger partial charge in [0.2, 0.25) is 0 Å². The molecular weight excluding hydrogens is 542 g/mol. The number of carbonyl (C=O) groups excluding carboxylic acids is 1. The first-order valence-electron chi connectivity index (χ1n) is 12.1. The molecule has 2 aromatic carbocycles. The molecule has 0 saturated carbocycles. The van der Waals surface area contributed by atoms with Crippen molar-refractivity contribution >= 4 is 32.9 Å². The van der Waals surface area contributed by atoms with Gasteiger partial charge in [0.1, 0.15) is 28.2 Å². The number of aromatic nitrogens is 3. The highest BCUT2D eigenvalue weighted by Crippen LogP contribution is 2.38. The minimum Gasteiger partial charge on any atom is -0.496 e. The molecule has 2 N–H and O–H groups in total. The number of rotatable bonds is 10. The highest BCUT2D eigenvalue weighted by Gasteiger charge is 2.28. The normalized spacial score (nSPS) is 11.8. The van der Waals surface area contributed by atoms with Crippen LogP contribution in [0, 0.1) is 0 Å². The van der Waals surface area contributed by atoms with Crippen LogP contribution >= 0.6 is 0 Å². The van der Waals surface area contributed by atoms with E-state index >= 15 is 0 Å². The van der Waals surface area contributed by atoms with E-state index in [0.717, 1.165) is 5.56 Å². The molecule has 2 aromatic heterocycles. The van der Waals surface area contributed by atoms with E-state index in [1.54, 1.807) is 55.9 Å². The number of ether oxygens (including phenoxy) is 4.